The van der Waals surface area contributed by atoms with Gasteiger partial charge in [-0.05, 0) is 74.2 Å². The van der Waals surface area contributed by atoms with E-state index in [9.17, 15) is 13.2 Å². The summed E-state index contributed by atoms with van der Waals surface area (Å²) in [7, 11) is -0.857. The Balaban J connectivity index is 2.08. The minimum Gasteiger partial charge on any atom is -0.497 e. The van der Waals surface area contributed by atoms with Crippen LogP contribution in [0.3, 0.4) is 0 Å². The second-order valence-corrected chi connectivity index (χ2v) is 9.06. The first-order valence-corrected chi connectivity index (χ1v) is 10.5. The van der Waals surface area contributed by atoms with Gasteiger partial charge in [0.05, 0.1) is 24.6 Å². The van der Waals surface area contributed by atoms with Gasteiger partial charge in [-0.25, -0.2) is 8.42 Å². The Kier molecular flexibility index (Phi) is 6.85. The first kappa shape index (κ1) is 21.9. The number of ether oxygens (including phenoxy) is 1. The van der Waals surface area contributed by atoms with Gasteiger partial charge in [-0.1, -0.05) is 12.1 Å². The maximum absolute atomic E-state index is 12.7. The molecule has 1 amide bonds. The minimum atomic E-state index is -3.76. The van der Waals surface area contributed by atoms with Crippen LogP contribution in [0.25, 0.3) is 0 Å². The molecule has 0 aliphatic rings. The maximum atomic E-state index is 12.7. The fourth-order valence-corrected chi connectivity index (χ4v) is 4.16. The van der Waals surface area contributed by atoms with E-state index in [-0.39, 0.29) is 23.4 Å². The molecule has 0 aliphatic carbocycles. The van der Waals surface area contributed by atoms with E-state index in [0.717, 1.165) is 21.0 Å². The van der Waals surface area contributed by atoms with Gasteiger partial charge in [-0.15, -0.1) is 0 Å². The molecule has 2 rings (SSSR count). The SMILES string of the molecule is COc1ccc(S(=O)(=O)N(C)CC(=O)N[C@H](C)c2cc(C)c(C)cc2C)cc1. The molecule has 28 heavy (non-hydrogen) atoms. The van der Waals surface area contributed by atoms with Gasteiger partial charge in [0.15, 0.2) is 0 Å². The second kappa shape index (κ2) is 8.75. The summed E-state index contributed by atoms with van der Waals surface area (Å²) in [5.41, 5.74) is 4.47. The lowest BCUT2D eigenvalue weighted by Gasteiger charge is -2.21. The molecule has 0 aromatic heterocycles. The zero-order valence-corrected chi connectivity index (χ0v) is 18.1. The van der Waals surface area contributed by atoms with E-state index < -0.39 is 10.0 Å². The highest BCUT2D eigenvalue weighted by molar-refractivity contribution is 7.89. The standard InChI is InChI=1S/C21H28N2O4S/c1-14-11-16(3)20(12-15(14)2)17(4)22-21(24)13-23(5)28(25,26)19-9-7-18(27-6)8-10-19/h7-12,17H,13H2,1-6H3,(H,22,24)/t17-/m1/s1. The molecule has 0 saturated heterocycles. The first-order chi connectivity index (χ1) is 13.1. The van der Waals surface area contributed by atoms with Crippen LogP contribution in [0.15, 0.2) is 41.3 Å². The molecule has 1 N–H and O–H groups in total. The van der Waals surface area contributed by atoms with Crippen LogP contribution in [0.2, 0.25) is 0 Å². The van der Waals surface area contributed by atoms with Gasteiger partial charge in [0.1, 0.15) is 5.75 Å². The van der Waals surface area contributed by atoms with Crippen molar-refractivity contribution < 1.29 is 17.9 Å². The lowest BCUT2D eigenvalue weighted by Crippen LogP contribution is -2.39. The van der Waals surface area contributed by atoms with Gasteiger partial charge in [-0.3, -0.25) is 4.79 Å². The van der Waals surface area contributed by atoms with Gasteiger partial charge >= 0.3 is 0 Å². The van der Waals surface area contributed by atoms with Crippen molar-refractivity contribution in [1.82, 2.24) is 9.62 Å². The lowest BCUT2D eigenvalue weighted by molar-refractivity contribution is -0.121. The predicted molar refractivity (Wildman–Crippen MR) is 110 cm³/mol. The smallest absolute Gasteiger partial charge is 0.243 e. The quantitative estimate of drug-likeness (QED) is 0.769. The molecule has 6 nitrogen and oxygen atoms in total. The normalized spacial score (nSPS) is 12.7. The molecule has 0 radical (unpaired) electrons. The Morgan fingerprint density at radius 3 is 2.21 bits per heavy atom. The third-order valence-corrected chi connectivity index (χ3v) is 6.68. The third kappa shape index (κ3) is 4.91. The summed E-state index contributed by atoms with van der Waals surface area (Å²) >= 11 is 0. The van der Waals surface area contributed by atoms with Crippen LogP contribution in [0, 0.1) is 20.8 Å². The van der Waals surface area contributed by atoms with Gasteiger partial charge in [0, 0.05) is 7.05 Å². The second-order valence-electron chi connectivity index (χ2n) is 7.02. The fourth-order valence-electron chi connectivity index (χ4n) is 3.03. The van der Waals surface area contributed by atoms with Crippen LogP contribution in [-0.2, 0) is 14.8 Å². The fraction of sp³-hybridized carbons (Fsp3) is 0.381. The zero-order chi connectivity index (χ0) is 21.1. The summed E-state index contributed by atoms with van der Waals surface area (Å²) in [6.07, 6.45) is 0. The molecule has 2 aromatic carbocycles. The number of hydrogen-bond donors (Lipinski definition) is 1. The average Bonchev–Trinajstić information content (AvgIpc) is 2.64. The van der Waals surface area contributed by atoms with E-state index in [2.05, 4.69) is 17.4 Å². The summed E-state index contributed by atoms with van der Waals surface area (Å²) in [6.45, 7) is 7.72. The Morgan fingerprint density at radius 1 is 1.07 bits per heavy atom. The van der Waals surface area contributed by atoms with Crippen molar-refractivity contribution in [2.75, 3.05) is 20.7 Å². The van der Waals surface area contributed by atoms with E-state index in [4.69, 9.17) is 4.74 Å². The van der Waals surface area contributed by atoms with Crippen molar-refractivity contribution >= 4 is 15.9 Å². The number of nitrogens with zero attached hydrogens (tertiary/aromatic N) is 1. The Hall–Kier alpha value is -2.38. The zero-order valence-electron chi connectivity index (χ0n) is 17.2. The highest BCUT2D eigenvalue weighted by Crippen LogP contribution is 2.22. The third-order valence-electron chi connectivity index (χ3n) is 4.86. The number of carbonyl (C=O) groups is 1. The number of nitrogens with one attached hydrogen (secondary N) is 1. The highest BCUT2D eigenvalue weighted by Gasteiger charge is 2.24. The molecule has 0 saturated carbocycles. The van der Waals surface area contributed by atoms with E-state index >= 15 is 0 Å². The number of likely N-dealkylation sites (N-methyl/N-ethyl adjacent to an activating group) is 1. The number of rotatable bonds is 7. The number of hydrogen-bond acceptors (Lipinski definition) is 4. The number of amides is 1. The number of benzene rings is 2. The monoisotopic (exact) mass is 404 g/mol. The molecule has 0 aliphatic heterocycles. The topological polar surface area (TPSA) is 75.7 Å². The van der Waals surface area contributed by atoms with Gasteiger partial charge in [0.25, 0.3) is 0 Å². The minimum absolute atomic E-state index is 0.113. The summed E-state index contributed by atoms with van der Waals surface area (Å²) in [4.78, 5) is 12.6. The van der Waals surface area contributed by atoms with Crippen molar-refractivity contribution in [3.63, 3.8) is 0 Å². The summed E-state index contributed by atoms with van der Waals surface area (Å²) in [6, 6.07) is 10.0. The van der Waals surface area contributed by atoms with Gasteiger partial charge < -0.3 is 10.1 Å². The van der Waals surface area contributed by atoms with E-state index in [0.29, 0.717) is 5.75 Å². The van der Waals surface area contributed by atoms with Crippen LogP contribution >= 0.6 is 0 Å². The molecular weight excluding hydrogens is 376 g/mol. The Morgan fingerprint density at radius 2 is 1.64 bits per heavy atom. The average molecular weight is 405 g/mol. The molecular formula is C21H28N2O4S. The summed E-state index contributed by atoms with van der Waals surface area (Å²) < 4.78 is 31.4. The van der Waals surface area contributed by atoms with E-state index in [1.54, 1.807) is 12.1 Å². The number of sulfonamides is 1. The van der Waals surface area contributed by atoms with Crippen molar-refractivity contribution in [3.05, 3.63) is 58.7 Å². The van der Waals surface area contributed by atoms with Gasteiger partial charge in [-0.2, -0.15) is 4.31 Å². The molecule has 7 heteroatoms. The van der Waals surface area contributed by atoms with Crippen molar-refractivity contribution in [2.45, 2.75) is 38.6 Å². The van der Waals surface area contributed by atoms with Crippen LogP contribution in [-0.4, -0.2) is 39.3 Å². The molecule has 0 unspecified atom stereocenters. The number of aryl methyl sites for hydroxylation is 3. The molecule has 2 aromatic rings. The molecule has 1 atom stereocenters. The molecule has 0 heterocycles. The van der Waals surface area contributed by atoms with E-state index in [1.165, 1.54) is 31.9 Å². The van der Waals surface area contributed by atoms with Gasteiger partial charge in [0.2, 0.25) is 15.9 Å². The van der Waals surface area contributed by atoms with Crippen molar-refractivity contribution in [2.24, 2.45) is 0 Å². The lowest BCUT2D eigenvalue weighted by atomic mass is 9.96. The van der Waals surface area contributed by atoms with Crippen molar-refractivity contribution in [3.8, 4) is 5.75 Å². The Labute approximate surface area is 167 Å². The van der Waals surface area contributed by atoms with Crippen LogP contribution in [0.1, 0.15) is 35.2 Å². The first-order valence-electron chi connectivity index (χ1n) is 9.03. The van der Waals surface area contributed by atoms with Crippen LogP contribution in [0.5, 0.6) is 5.75 Å². The molecule has 152 valence electrons. The van der Waals surface area contributed by atoms with Crippen LogP contribution < -0.4 is 10.1 Å². The number of methoxy groups -OCH3 is 1. The largest absolute Gasteiger partial charge is 0.497 e. The number of carbonyl (C=O) groups excluding carboxylic acids is 1. The molecule has 0 spiro atoms. The van der Waals surface area contributed by atoms with Crippen LogP contribution in [0.4, 0.5) is 0 Å². The summed E-state index contributed by atoms with van der Waals surface area (Å²) in [5.74, 6) is 0.210. The van der Waals surface area contributed by atoms with Crippen molar-refractivity contribution in [1.29, 1.82) is 0 Å². The highest BCUT2D eigenvalue weighted by atomic mass is 32.2. The predicted octanol–water partition coefficient (Wildman–Crippen LogP) is 3.12. The molecule has 0 bridgehead atoms. The Bertz CT molecular complexity index is 953. The maximum Gasteiger partial charge on any atom is 0.243 e. The van der Waals surface area contributed by atoms with E-state index in [1.807, 2.05) is 27.7 Å². The molecule has 0 fully saturated rings. The summed E-state index contributed by atoms with van der Waals surface area (Å²) in [5, 5.41) is 2.89.